The average Bonchev–Trinajstić information content (AvgIpc) is 2.35. The fraction of sp³-hybridized carbons (Fsp3) is 0.167. The number of nitrogens with two attached hydrogens (primary N) is 1. The molecule has 1 aromatic rings. The van der Waals surface area contributed by atoms with E-state index >= 15 is 0 Å². The van der Waals surface area contributed by atoms with Crippen LogP contribution in [0.3, 0.4) is 0 Å². The summed E-state index contributed by atoms with van der Waals surface area (Å²) >= 11 is 0. The molecule has 0 spiro atoms. The maximum atomic E-state index is 12.6. The van der Waals surface area contributed by atoms with Crippen molar-refractivity contribution in [3.8, 4) is 0 Å². The number of carbonyl (C=O) groups excluding carboxylic acids is 1. The average molecular weight is 254 g/mol. The van der Waals surface area contributed by atoms with Gasteiger partial charge in [0.25, 0.3) is 6.02 Å². The predicted molar refractivity (Wildman–Crippen MR) is 62.9 cm³/mol. The molecule has 0 saturated heterocycles. The van der Waals surface area contributed by atoms with Gasteiger partial charge >= 0.3 is 0 Å². The maximum Gasteiger partial charge on any atom is 0.283 e. The zero-order chi connectivity index (χ0) is 13.5. The van der Waals surface area contributed by atoms with Gasteiger partial charge in [-0.2, -0.15) is 0 Å². The molecule has 1 rings (SSSR count). The van der Waals surface area contributed by atoms with Gasteiger partial charge in [-0.05, 0) is 17.7 Å². The second-order valence-corrected chi connectivity index (χ2v) is 3.41. The molecule has 0 aliphatic heterocycles. The molecule has 4 nitrogen and oxygen atoms in total. The molecular weight excluding hydrogens is 242 g/mol. The van der Waals surface area contributed by atoms with Crippen LogP contribution in [0.4, 0.5) is 8.78 Å². The third kappa shape index (κ3) is 4.32. The molecule has 0 radical (unpaired) electrons. The number of rotatable bonds is 5. The Morgan fingerprint density at radius 2 is 2.11 bits per heavy atom. The maximum absolute atomic E-state index is 12.6. The zero-order valence-electron chi connectivity index (χ0n) is 9.48. The quantitative estimate of drug-likeness (QED) is 0.494. The molecule has 6 heteroatoms. The molecule has 96 valence electrons. The molecule has 0 aliphatic carbocycles. The van der Waals surface area contributed by atoms with Crippen molar-refractivity contribution < 1.29 is 18.3 Å². The van der Waals surface area contributed by atoms with E-state index in [0.717, 1.165) is 0 Å². The summed E-state index contributed by atoms with van der Waals surface area (Å²) in [7, 11) is 0. The van der Waals surface area contributed by atoms with Gasteiger partial charge in [0, 0.05) is 0 Å². The Balaban J connectivity index is 2.57. The number of ether oxygens (including phenoxy) is 1. The van der Waals surface area contributed by atoms with Crippen molar-refractivity contribution >= 4 is 12.3 Å². The Labute approximate surface area is 103 Å². The summed E-state index contributed by atoms with van der Waals surface area (Å²) in [6.07, 6.45) is 0.260. The first-order chi connectivity index (χ1) is 8.52. The van der Waals surface area contributed by atoms with E-state index in [2.05, 4.69) is 11.6 Å². The van der Waals surface area contributed by atoms with Gasteiger partial charge in [-0.1, -0.05) is 18.7 Å². The van der Waals surface area contributed by atoms with Crippen LogP contribution in [0, 0.1) is 5.82 Å². The summed E-state index contributed by atoms with van der Waals surface area (Å²) in [4.78, 5) is 13.9. The summed E-state index contributed by atoms with van der Waals surface area (Å²) in [5.41, 5.74) is 6.02. The topological polar surface area (TPSA) is 64.7 Å². The van der Waals surface area contributed by atoms with Gasteiger partial charge in [0.15, 0.2) is 12.3 Å². The molecule has 0 fully saturated rings. The van der Waals surface area contributed by atoms with Crippen LogP contribution in [0.15, 0.2) is 41.7 Å². The van der Waals surface area contributed by atoms with Crippen LogP contribution in [0.1, 0.15) is 5.56 Å². The highest BCUT2D eigenvalue weighted by Crippen LogP contribution is 2.06. The van der Waals surface area contributed by atoms with E-state index in [1.807, 2.05) is 0 Å². The monoisotopic (exact) mass is 254 g/mol. The molecule has 2 N–H and O–H groups in total. The molecule has 0 aliphatic rings. The molecule has 1 unspecified atom stereocenters. The van der Waals surface area contributed by atoms with Gasteiger partial charge in [0.1, 0.15) is 18.3 Å². The summed E-state index contributed by atoms with van der Waals surface area (Å²) in [5.74, 6) is -1.28. The molecular formula is C12H12F2N2O2. The van der Waals surface area contributed by atoms with Crippen molar-refractivity contribution in [2.24, 2.45) is 10.7 Å². The summed E-state index contributed by atoms with van der Waals surface area (Å²) < 4.78 is 30.3. The number of aliphatic imine (C=N–C) groups is 1. The smallest absolute Gasteiger partial charge is 0.283 e. The van der Waals surface area contributed by atoms with Crippen LogP contribution in [0.2, 0.25) is 0 Å². The van der Waals surface area contributed by atoms with Crippen molar-refractivity contribution in [1.82, 2.24) is 0 Å². The number of carbonyl (C=O) groups is 1. The van der Waals surface area contributed by atoms with E-state index in [4.69, 9.17) is 10.5 Å². The van der Waals surface area contributed by atoms with E-state index in [0.29, 0.717) is 5.56 Å². The fourth-order valence-electron chi connectivity index (χ4n) is 1.09. The predicted octanol–water partition coefficient (Wildman–Crippen LogP) is 1.71. The summed E-state index contributed by atoms with van der Waals surface area (Å²) in [6, 6.07) is 3.85. The highest BCUT2D eigenvalue weighted by atomic mass is 19.1. The SMILES string of the molecule is C=C(F)C(C=O)N=C(N)OCc1ccc(F)cc1. The van der Waals surface area contributed by atoms with Gasteiger partial charge in [0.2, 0.25) is 0 Å². The third-order valence-electron chi connectivity index (χ3n) is 2.02. The van der Waals surface area contributed by atoms with Crippen molar-refractivity contribution in [2.75, 3.05) is 0 Å². The minimum Gasteiger partial charge on any atom is -0.461 e. The molecule has 1 atom stereocenters. The molecule has 18 heavy (non-hydrogen) atoms. The Bertz CT molecular complexity index is 458. The van der Waals surface area contributed by atoms with Crippen molar-refractivity contribution in [1.29, 1.82) is 0 Å². The fourth-order valence-corrected chi connectivity index (χ4v) is 1.09. The van der Waals surface area contributed by atoms with Crippen LogP contribution in [-0.2, 0) is 16.1 Å². The molecule has 0 amide bonds. The largest absolute Gasteiger partial charge is 0.461 e. The van der Waals surface area contributed by atoms with Crippen molar-refractivity contribution in [2.45, 2.75) is 12.6 Å². The minimum absolute atomic E-state index is 0.0416. The zero-order valence-corrected chi connectivity index (χ0v) is 9.48. The van der Waals surface area contributed by atoms with Crippen LogP contribution >= 0.6 is 0 Å². The Morgan fingerprint density at radius 1 is 1.50 bits per heavy atom. The number of benzene rings is 1. The van der Waals surface area contributed by atoms with Crippen LogP contribution in [-0.4, -0.2) is 18.3 Å². The number of aldehydes is 1. The second kappa shape index (κ2) is 6.48. The molecule has 0 bridgehead atoms. The Kier molecular flexibility index (Phi) is 4.98. The summed E-state index contributed by atoms with van der Waals surface area (Å²) in [5, 5.41) is 0. The number of amidine groups is 1. The first kappa shape index (κ1) is 13.8. The van der Waals surface area contributed by atoms with Crippen LogP contribution < -0.4 is 5.73 Å². The number of hydrogen-bond acceptors (Lipinski definition) is 3. The van der Waals surface area contributed by atoms with E-state index in [1.54, 1.807) is 0 Å². The van der Waals surface area contributed by atoms with Crippen molar-refractivity contribution in [3.63, 3.8) is 0 Å². The van der Waals surface area contributed by atoms with Crippen LogP contribution in [0.5, 0.6) is 0 Å². The minimum atomic E-state index is -1.36. The molecule has 0 saturated carbocycles. The lowest BCUT2D eigenvalue weighted by Crippen LogP contribution is -2.21. The van der Waals surface area contributed by atoms with E-state index in [1.165, 1.54) is 24.3 Å². The lowest BCUT2D eigenvalue weighted by atomic mass is 10.2. The number of nitrogens with zero attached hydrogens (tertiary/aromatic N) is 1. The lowest BCUT2D eigenvalue weighted by molar-refractivity contribution is -0.108. The highest BCUT2D eigenvalue weighted by Gasteiger charge is 2.10. The van der Waals surface area contributed by atoms with Crippen LogP contribution in [0.25, 0.3) is 0 Å². The Morgan fingerprint density at radius 3 is 2.61 bits per heavy atom. The first-order valence-corrected chi connectivity index (χ1v) is 5.03. The third-order valence-corrected chi connectivity index (χ3v) is 2.02. The summed E-state index contributed by atoms with van der Waals surface area (Å²) in [6.45, 7) is 2.99. The van der Waals surface area contributed by atoms with E-state index in [-0.39, 0.29) is 24.7 Å². The Hall–Kier alpha value is -2.24. The van der Waals surface area contributed by atoms with Gasteiger partial charge < -0.3 is 15.3 Å². The second-order valence-electron chi connectivity index (χ2n) is 3.41. The normalized spacial score (nSPS) is 12.9. The van der Waals surface area contributed by atoms with Gasteiger partial charge in [-0.15, -0.1) is 0 Å². The lowest BCUT2D eigenvalue weighted by Gasteiger charge is -2.07. The standard InChI is InChI=1S/C12H12F2N2O2/c1-8(13)11(6-17)16-12(15)18-7-9-2-4-10(14)5-3-9/h2-6,11H,1,7H2,(H2,15,16). The van der Waals surface area contributed by atoms with Gasteiger partial charge in [-0.3, -0.25) is 0 Å². The van der Waals surface area contributed by atoms with Gasteiger partial charge in [-0.25, -0.2) is 13.8 Å². The number of hydrogen-bond donors (Lipinski definition) is 1. The number of halogens is 2. The first-order valence-electron chi connectivity index (χ1n) is 5.03. The van der Waals surface area contributed by atoms with E-state index < -0.39 is 11.9 Å². The molecule has 0 aromatic heterocycles. The van der Waals surface area contributed by atoms with E-state index in [9.17, 15) is 13.6 Å². The highest BCUT2D eigenvalue weighted by molar-refractivity contribution is 5.75. The molecule has 1 aromatic carbocycles. The van der Waals surface area contributed by atoms with Crippen molar-refractivity contribution in [3.05, 3.63) is 48.1 Å². The van der Waals surface area contributed by atoms with Gasteiger partial charge in [0.05, 0.1) is 0 Å². The molecule has 0 heterocycles.